The summed E-state index contributed by atoms with van der Waals surface area (Å²) < 4.78 is 5.53. The van der Waals surface area contributed by atoms with Crippen molar-refractivity contribution in [2.45, 2.75) is 32.1 Å². The van der Waals surface area contributed by atoms with E-state index in [9.17, 15) is 4.79 Å². The molecule has 0 radical (unpaired) electrons. The van der Waals surface area contributed by atoms with Crippen LogP contribution in [-0.2, 0) is 16.0 Å². The summed E-state index contributed by atoms with van der Waals surface area (Å²) >= 11 is 0. The summed E-state index contributed by atoms with van der Waals surface area (Å²) in [6.45, 7) is 3.56. The number of likely N-dealkylation sites (tertiary alicyclic amines) is 1. The van der Waals surface area contributed by atoms with Gasteiger partial charge in [-0.2, -0.15) is 0 Å². The quantitative estimate of drug-likeness (QED) is 0.759. The molecule has 8 heteroatoms. The molecule has 3 N–H and O–H groups in total. The van der Waals surface area contributed by atoms with Gasteiger partial charge in [0.15, 0.2) is 0 Å². The molecule has 1 fully saturated rings. The molecule has 1 saturated heterocycles. The number of carbonyl (C=O) groups excluding carboxylic acids is 1. The fourth-order valence-electron chi connectivity index (χ4n) is 3.20. The van der Waals surface area contributed by atoms with Crippen LogP contribution in [0.4, 0.5) is 0 Å². The number of aromatic nitrogens is 2. The van der Waals surface area contributed by atoms with Crippen LogP contribution >= 0.6 is 0 Å². The van der Waals surface area contributed by atoms with E-state index in [0.717, 1.165) is 49.9 Å². The number of nitrogens with zero attached hydrogens (tertiary/aromatic N) is 3. The summed E-state index contributed by atoms with van der Waals surface area (Å²) in [5, 5.41) is 7.42. The highest BCUT2D eigenvalue weighted by Gasteiger charge is 2.25. The Hall–Kier alpha value is -3.00. The summed E-state index contributed by atoms with van der Waals surface area (Å²) in [5.74, 6) is 0.364. The number of amides is 1. The number of nitrogens with two attached hydrogens (primary N) is 1. The van der Waals surface area contributed by atoms with Gasteiger partial charge in [-0.3, -0.25) is 9.59 Å². The summed E-state index contributed by atoms with van der Waals surface area (Å²) in [4.78, 5) is 32.0. The Bertz CT molecular complexity index is 781. The van der Waals surface area contributed by atoms with Gasteiger partial charge in [0.2, 0.25) is 5.91 Å². The smallest absolute Gasteiger partial charge is 0.300 e. The molecule has 1 aliphatic rings. The maximum absolute atomic E-state index is 12.7. The first-order valence-corrected chi connectivity index (χ1v) is 9.64. The standard InChI is InChI=1S/C19H24N4O2.C2H4O2/c20-7-10-25-17-5-1-3-15(11-17)12-19(24)23-9-2-4-16(13-23)18-6-8-21-14-22-18;1-2(3)4/h1,3,5-6,8,11,14,16H,2,4,7,9-10,12-13,20H2;1H3,(H,3,4). The number of carbonyl (C=O) groups is 2. The van der Waals surface area contributed by atoms with Crippen molar-refractivity contribution in [2.24, 2.45) is 5.73 Å². The van der Waals surface area contributed by atoms with E-state index in [1.54, 1.807) is 12.5 Å². The van der Waals surface area contributed by atoms with Crippen LogP contribution in [0.5, 0.6) is 5.75 Å². The van der Waals surface area contributed by atoms with Crippen LogP contribution in [0.2, 0.25) is 0 Å². The molecule has 29 heavy (non-hydrogen) atoms. The first-order chi connectivity index (χ1) is 14.0. The lowest BCUT2D eigenvalue weighted by Crippen LogP contribution is -2.40. The Balaban J connectivity index is 0.000000687. The largest absolute Gasteiger partial charge is 0.492 e. The van der Waals surface area contributed by atoms with Gasteiger partial charge < -0.3 is 20.5 Å². The highest BCUT2D eigenvalue weighted by Crippen LogP contribution is 2.25. The van der Waals surface area contributed by atoms with Crippen LogP contribution in [0.25, 0.3) is 0 Å². The van der Waals surface area contributed by atoms with E-state index in [-0.39, 0.29) is 5.91 Å². The zero-order valence-electron chi connectivity index (χ0n) is 16.7. The van der Waals surface area contributed by atoms with Crippen molar-refractivity contribution < 1.29 is 19.4 Å². The molecule has 1 aromatic carbocycles. The Labute approximate surface area is 170 Å². The molecule has 1 aliphatic heterocycles. The lowest BCUT2D eigenvalue weighted by atomic mass is 9.94. The van der Waals surface area contributed by atoms with Gasteiger partial charge in [0.05, 0.1) is 6.42 Å². The van der Waals surface area contributed by atoms with Crippen LogP contribution in [0.1, 0.15) is 36.9 Å². The predicted molar refractivity (Wildman–Crippen MR) is 109 cm³/mol. The molecule has 0 saturated carbocycles. The van der Waals surface area contributed by atoms with Crippen molar-refractivity contribution in [2.75, 3.05) is 26.2 Å². The number of rotatable bonds is 6. The van der Waals surface area contributed by atoms with Gasteiger partial charge in [-0.15, -0.1) is 0 Å². The number of aliphatic carboxylic acids is 1. The topological polar surface area (TPSA) is 119 Å². The minimum atomic E-state index is -0.833. The first kappa shape index (κ1) is 22.3. The van der Waals surface area contributed by atoms with Crippen molar-refractivity contribution in [1.82, 2.24) is 14.9 Å². The molecule has 2 aromatic rings. The number of carboxylic acids is 1. The molecule has 156 valence electrons. The molecular formula is C21H28N4O4. The second-order valence-electron chi connectivity index (χ2n) is 6.79. The SMILES string of the molecule is CC(=O)O.NCCOc1cccc(CC(=O)N2CCCC(c3ccncn3)C2)c1. The maximum atomic E-state index is 12.7. The number of benzene rings is 1. The summed E-state index contributed by atoms with van der Waals surface area (Å²) in [5.41, 5.74) is 7.44. The van der Waals surface area contributed by atoms with Gasteiger partial charge in [-0.25, -0.2) is 9.97 Å². The number of ether oxygens (including phenoxy) is 1. The van der Waals surface area contributed by atoms with Crippen LogP contribution in [0.3, 0.4) is 0 Å². The summed E-state index contributed by atoms with van der Waals surface area (Å²) in [6, 6.07) is 9.61. The zero-order chi connectivity index (χ0) is 21.1. The van der Waals surface area contributed by atoms with Crippen LogP contribution < -0.4 is 10.5 Å². The van der Waals surface area contributed by atoms with E-state index in [1.807, 2.05) is 35.2 Å². The van der Waals surface area contributed by atoms with Gasteiger partial charge in [-0.1, -0.05) is 12.1 Å². The minimum absolute atomic E-state index is 0.148. The van der Waals surface area contributed by atoms with Crippen molar-refractivity contribution in [3.05, 3.63) is 54.1 Å². The molecule has 0 spiro atoms. The van der Waals surface area contributed by atoms with E-state index >= 15 is 0 Å². The molecule has 8 nitrogen and oxygen atoms in total. The van der Waals surface area contributed by atoms with Crippen molar-refractivity contribution in [1.29, 1.82) is 0 Å². The predicted octanol–water partition coefficient (Wildman–Crippen LogP) is 1.85. The average Bonchev–Trinajstić information content (AvgIpc) is 2.73. The first-order valence-electron chi connectivity index (χ1n) is 9.64. The second-order valence-corrected chi connectivity index (χ2v) is 6.79. The van der Waals surface area contributed by atoms with Crippen molar-refractivity contribution in [3.63, 3.8) is 0 Å². The Morgan fingerprint density at radius 1 is 1.34 bits per heavy atom. The van der Waals surface area contributed by atoms with E-state index in [1.165, 1.54) is 0 Å². The fourth-order valence-corrected chi connectivity index (χ4v) is 3.20. The van der Waals surface area contributed by atoms with Crippen LogP contribution in [-0.4, -0.2) is 58.1 Å². The fraction of sp³-hybridized carbons (Fsp3) is 0.429. The van der Waals surface area contributed by atoms with Gasteiger partial charge in [0, 0.05) is 44.4 Å². The maximum Gasteiger partial charge on any atom is 0.300 e. The third-order valence-corrected chi connectivity index (χ3v) is 4.44. The summed E-state index contributed by atoms with van der Waals surface area (Å²) in [7, 11) is 0. The Morgan fingerprint density at radius 2 is 2.14 bits per heavy atom. The summed E-state index contributed by atoms with van der Waals surface area (Å²) in [6.07, 6.45) is 5.78. The molecule has 3 rings (SSSR count). The lowest BCUT2D eigenvalue weighted by molar-refractivity contribution is -0.134. The molecule has 0 aliphatic carbocycles. The molecule has 2 heterocycles. The van der Waals surface area contributed by atoms with E-state index < -0.39 is 5.97 Å². The number of hydrogen-bond donors (Lipinski definition) is 2. The van der Waals surface area contributed by atoms with Crippen molar-refractivity contribution >= 4 is 11.9 Å². The number of carboxylic acid groups (broad SMARTS) is 1. The van der Waals surface area contributed by atoms with E-state index in [4.69, 9.17) is 20.4 Å². The third kappa shape index (κ3) is 7.87. The normalized spacial score (nSPS) is 15.8. The second kappa shape index (κ2) is 11.8. The molecule has 1 unspecified atom stereocenters. The van der Waals surface area contributed by atoms with Crippen LogP contribution in [0, 0.1) is 0 Å². The van der Waals surface area contributed by atoms with E-state index in [0.29, 0.717) is 25.5 Å². The van der Waals surface area contributed by atoms with Gasteiger partial charge in [0.1, 0.15) is 18.7 Å². The number of piperidine rings is 1. The zero-order valence-corrected chi connectivity index (χ0v) is 16.7. The van der Waals surface area contributed by atoms with Crippen molar-refractivity contribution in [3.8, 4) is 5.75 Å². The highest BCUT2D eigenvalue weighted by atomic mass is 16.5. The third-order valence-electron chi connectivity index (χ3n) is 4.44. The molecule has 0 bridgehead atoms. The van der Waals surface area contributed by atoms with Gasteiger partial charge in [0.25, 0.3) is 5.97 Å². The molecule has 1 aromatic heterocycles. The van der Waals surface area contributed by atoms with E-state index in [2.05, 4.69) is 9.97 Å². The minimum Gasteiger partial charge on any atom is -0.492 e. The Morgan fingerprint density at radius 3 is 2.83 bits per heavy atom. The van der Waals surface area contributed by atoms with Crippen LogP contribution in [0.15, 0.2) is 42.9 Å². The van der Waals surface area contributed by atoms with Gasteiger partial charge in [-0.05, 0) is 36.6 Å². The lowest BCUT2D eigenvalue weighted by Gasteiger charge is -2.32. The number of hydrogen-bond acceptors (Lipinski definition) is 6. The molecular weight excluding hydrogens is 372 g/mol. The average molecular weight is 400 g/mol. The van der Waals surface area contributed by atoms with Gasteiger partial charge >= 0.3 is 0 Å². The monoisotopic (exact) mass is 400 g/mol. The molecule has 1 amide bonds. The molecule has 1 atom stereocenters. The Kier molecular flexibility index (Phi) is 9.04. The highest BCUT2D eigenvalue weighted by molar-refractivity contribution is 5.79.